The Balaban J connectivity index is 1.98. The van der Waals surface area contributed by atoms with E-state index in [4.69, 9.17) is 31.2 Å². The number of hydrogen-bond donors (Lipinski definition) is 0. The minimum atomic E-state index is -0.649. The van der Waals surface area contributed by atoms with Crippen molar-refractivity contribution in [1.29, 1.82) is 0 Å². The number of carbonyl (C=O) groups excluding carboxylic acids is 1. The Kier molecular flexibility index (Phi) is 5.95. The van der Waals surface area contributed by atoms with Gasteiger partial charge in [0.2, 0.25) is 0 Å². The minimum absolute atomic E-state index is 0.317. The molecule has 1 atom stereocenters. The van der Waals surface area contributed by atoms with E-state index in [1.165, 1.54) is 6.92 Å². The second-order valence-corrected chi connectivity index (χ2v) is 9.54. The van der Waals surface area contributed by atoms with Gasteiger partial charge in [0.25, 0.3) is 0 Å². The Labute approximate surface area is 184 Å². The summed E-state index contributed by atoms with van der Waals surface area (Å²) in [5.74, 6) is 0.562. The lowest BCUT2D eigenvalue weighted by Gasteiger charge is -2.54. The van der Waals surface area contributed by atoms with Gasteiger partial charge in [0.1, 0.15) is 11.5 Å². The molecule has 3 rings (SSSR count). The molecule has 0 aromatic heterocycles. The highest BCUT2D eigenvalue weighted by atomic mass is 32.1. The third-order valence-corrected chi connectivity index (χ3v) is 6.59. The van der Waals surface area contributed by atoms with Crippen LogP contribution in [-0.2, 0) is 20.7 Å². The van der Waals surface area contributed by atoms with E-state index in [9.17, 15) is 4.79 Å². The fraction of sp³-hybridized carbons (Fsp3) is 0.652. The van der Waals surface area contributed by atoms with E-state index in [0.717, 1.165) is 40.8 Å². The normalized spacial score (nSPS) is 24.4. The summed E-state index contributed by atoms with van der Waals surface area (Å²) in [6.45, 7) is 16.3. The van der Waals surface area contributed by atoms with Crippen molar-refractivity contribution in [2.45, 2.75) is 85.3 Å². The number of fused-ring (bicyclic) bond motifs is 1. The van der Waals surface area contributed by atoms with Gasteiger partial charge in [-0.05, 0) is 71.6 Å². The van der Waals surface area contributed by atoms with E-state index in [1.54, 1.807) is 5.49 Å². The number of nitrogens with zero attached hydrogens (tertiary/aromatic N) is 1. The van der Waals surface area contributed by atoms with Crippen LogP contribution >= 0.6 is 12.2 Å². The standard InChI is InChI=1S/C23H33NO5S/c1-14-15(2)20-18(16(3)19(14)28-17(4)25)9-10-23(8,29-20)24(13-30)22(7)11-26-21(5,6)27-12-22/h13H,9-12H2,1-8H3. The summed E-state index contributed by atoms with van der Waals surface area (Å²) in [6.07, 6.45) is 1.52. The summed E-state index contributed by atoms with van der Waals surface area (Å²) in [7, 11) is 0. The van der Waals surface area contributed by atoms with Crippen LogP contribution in [0.4, 0.5) is 0 Å². The largest absolute Gasteiger partial charge is 0.468 e. The van der Waals surface area contributed by atoms with Gasteiger partial charge in [-0.1, -0.05) is 12.2 Å². The van der Waals surface area contributed by atoms with Crippen LogP contribution in [0, 0.1) is 20.8 Å². The Morgan fingerprint density at radius 2 is 1.67 bits per heavy atom. The van der Waals surface area contributed by atoms with Crippen molar-refractivity contribution in [3.8, 4) is 11.5 Å². The average Bonchev–Trinajstić information content (AvgIpc) is 2.66. The molecular formula is C23H33NO5S. The third-order valence-electron chi connectivity index (χ3n) is 6.38. The molecule has 0 amide bonds. The summed E-state index contributed by atoms with van der Waals surface area (Å²) in [5, 5.41) is 0. The SMILES string of the molecule is CC(=O)Oc1c(C)c(C)c2c(c1C)CCC(C)(N(C=S)C1(C)COC(C)(C)OC1)O2. The predicted molar refractivity (Wildman–Crippen MR) is 119 cm³/mol. The van der Waals surface area contributed by atoms with Crippen molar-refractivity contribution in [1.82, 2.24) is 4.90 Å². The van der Waals surface area contributed by atoms with E-state index in [-0.39, 0.29) is 5.97 Å². The fourth-order valence-corrected chi connectivity index (χ4v) is 4.86. The molecule has 1 aromatic rings. The molecule has 0 aliphatic carbocycles. The fourth-order valence-electron chi connectivity index (χ4n) is 4.38. The second-order valence-electron chi connectivity index (χ2n) is 9.33. The van der Waals surface area contributed by atoms with Gasteiger partial charge in [0.15, 0.2) is 11.5 Å². The Morgan fingerprint density at radius 1 is 1.07 bits per heavy atom. The first-order chi connectivity index (χ1) is 13.8. The number of benzene rings is 1. The molecule has 0 bridgehead atoms. The molecule has 7 heteroatoms. The van der Waals surface area contributed by atoms with E-state index < -0.39 is 17.1 Å². The highest BCUT2D eigenvalue weighted by molar-refractivity contribution is 7.78. The second kappa shape index (κ2) is 7.77. The number of ether oxygens (including phenoxy) is 4. The number of esters is 1. The maximum Gasteiger partial charge on any atom is 0.308 e. The molecule has 2 heterocycles. The zero-order valence-corrected chi connectivity index (χ0v) is 20.1. The summed E-state index contributed by atoms with van der Waals surface area (Å²) < 4.78 is 24.1. The first kappa shape index (κ1) is 23.0. The smallest absolute Gasteiger partial charge is 0.308 e. The van der Waals surface area contributed by atoms with Gasteiger partial charge in [0, 0.05) is 18.9 Å². The first-order valence-corrected chi connectivity index (χ1v) is 10.8. The predicted octanol–water partition coefficient (Wildman–Crippen LogP) is 4.38. The monoisotopic (exact) mass is 435 g/mol. The summed E-state index contributed by atoms with van der Waals surface area (Å²) in [6, 6.07) is 0. The number of rotatable bonds is 4. The highest BCUT2D eigenvalue weighted by Crippen LogP contribution is 2.46. The van der Waals surface area contributed by atoms with Gasteiger partial charge in [-0.25, -0.2) is 0 Å². The van der Waals surface area contributed by atoms with Gasteiger partial charge >= 0.3 is 5.97 Å². The topological polar surface area (TPSA) is 57.2 Å². The average molecular weight is 436 g/mol. The number of hydrogen-bond acceptors (Lipinski definition) is 6. The zero-order valence-electron chi connectivity index (χ0n) is 19.3. The molecular weight excluding hydrogens is 402 g/mol. The molecule has 1 saturated heterocycles. The quantitative estimate of drug-likeness (QED) is 0.395. The van der Waals surface area contributed by atoms with Crippen molar-refractivity contribution >= 4 is 23.7 Å². The van der Waals surface area contributed by atoms with Crippen LogP contribution in [0.25, 0.3) is 0 Å². The molecule has 1 fully saturated rings. The van der Waals surface area contributed by atoms with Gasteiger partial charge in [-0.2, -0.15) is 0 Å². The van der Waals surface area contributed by atoms with Gasteiger partial charge in [0.05, 0.1) is 24.2 Å². The molecule has 30 heavy (non-hydrogen) atoms. The maximum absolute atomic E-state index is 11.6. The van der Waals surface area contributed by atoms with E-state index in [1.807, 2.05) is 34.6 Å². The van der Waals surface area contributed by atoms with Crippen molar-refractivity contribution in [3.05, 3.63) is 22.3 Å². The maximum atomic E-state index is 11.6. The molecule has 0 spiro atoms. The highest BCUT2D eigenvalue weighted by Gasteiger charge is 2.49. The minimum Gasteiger partial charge on any atom is -0.468 e. The van der Waals surface area contributed by atoms with Crippen molar-refractivity contribution in [3.63, 3.8) is 0 Å². The summed E-state index contributed by atoms with van der Waals surface area (Å²) in [5.41, 5.74) is 4.50. The molecule has 6 nitrogen and oxygen atoms in total. The van der Waals surface area contributed by atoms with Crippen LogP contribution in [0.2, 0.25) is 0 Å². The molecule has 166 valence electrons. The van der Waals surface area contributed by atoms with E-state index >= 15 is 0 Å². The number of carbonyl (C=O) groups is 1. The number of thiocarbonyl (C=S) groups is 1. The lowest BCUT2D eigenvalue weighted by molar-refractivity contribution is -0.290. The zero-order chi connectivity index (χ0) is 22.5. The van der Waals surface area contributed by atoms with Crippen LogP contribution in [0.15, 0.2) is 0 Å². The molecule has 1 aromatic carbocycles. The molecule has 0 radical (unpaired) electrons. The van der Waals surface area contributed by atoms with E-state index in [0.29, 0.717) is 19.0 Å². The summed E-state index contributed by atoms with van der Waals surface area (Å²) >= 11 is 5.44. The molecule has 1 unspecified atom stereocenters. The molecule has 2 aliphatic heterocycles. The lowest BCUT2D eigenvalue weighted by Crippen LogP contribution is -2.67. The van der Waals surface area contributed by atoms with Crippen LogP contribution in [0.3, 0.4) is 0 Å². The molecule has 2 aliphatic rings. The van der Waals surface area contributed by atoms with E-state index in [2.05, 4.69) is 18.7 Å². The molecule has 0 N–H and O–H groups in total. The van der Waals surface area contributed by atoms with Crippen molar-refractivity contribution < 1.29 is 23.7 Å². The van der Waals surface area contributed by atoms with Crippen LogP contribution in [0.1, 0.15) is 63.3 Å². The Bertz CT molecular complexity index is 871. The van der Waals surface area contributed by atoms with Crippen LogP contribution in [0.5, 0.6) is 11.5 Å². The van der Waals surface area contributed by atoms with Crippen molar-refractivity contribution in [2.75, 3.05) is 13.2 Å². The molecule has 0 saturated carbocycles. The van der Waals surface area contributed by atoms with Gasteiger partial charge in [-0.15, -0.1) is 0 Å². The summed E-state index contributed by atoms with van der Waals surface area (Å²) in [4.78, 5) is 13.7. The lowest BCUT2D eigenvalue weighted by atomic mass is 9.88. The first-order valence-electron chi connectivity index (χ1n) is 10.4. The Morgan fingerprint density at radius 3 is 2.20 bits per heavy atom. The van der Waals surface area contributed by atoms with Gasteiger partial charge < -0.3 is 23.8 Å². The Hall–Kier alpha value is -1.70. The third kappa shape index (κ3) is 3.95. The van der Waals surface area contributed by atoms with Crippen molar-refractivity contribution in [2.24, 2.45) is 0 Å². The van der Waals surface area contributed by atoms with Crippen LogP contribution < -0.4 is 9.47 Å². The van der Waals surface area contributed by atoms with Gasteiger partial charge in [-0.3, -0.25) is 4.79 Å². The van der Waals surface area contributed by atoms with Crippen LogP contribution in [-0.4, -0.2) is 46.6 Å².